The Morgan fingerprint density at radius 2 is 1.60 bits per heavy atom. The first-order valence-electron chi connectivity index (χ1n) is 17.7. The number of ether oxygens (including phenoxy) is 2. The smallest absolute Gasteiger partial charge is 0.328 e. The van der Waals surface area contributed by atoms with Gasteiger partial charge < -0.3 is 19.7 Å². The van der Waals surface area contributed by atoms with Crippen molar-refractivity contribution in [3.63, 3.8) is 0 Å². The fourth-order valence-corrected chi connectivity index (χ4v) is 6.12. The van der Waals surface area contributed by atoms with Gasteiger partial charge in [-0.1, -0.05) is 82.3 Å². The van der Waals surface area contributed by atoms with Gasteiger partial charge in [0, 0.05) is 48.5 Å². The highest BCUT2D eigenvalue weighted by atomic mass is 16.5. The van der Waals surface area contributed by atoms with E-state index in [-0.39, 0.29) is 55.6 Å². The molecule has 0 bridgehead atoms. The molecule has 270 valence electrons. The van der Waals surface area contributed by atoms with E-state index in [1.807, 2.05) is 104 Å². The van der Waals surface area contributed by atoms with E-state index < -0.39 is 17.0 Å². The molecule has 11 heteroatoms. The van der Waals surface area contributed by atoms with Gasteiger partial charge in [0.25, 0.3) is 0 Å². The third kappa shape index (κ3) is 9.65. The minimum absolute atomic E-state index is 0.0161. The predicted molar refractivity (Wildman–Crippen MR) is 193 cm³/mol. The number of para-hydroxylation sites is 1. The lowest BCUT2D eigenvalue weighted by molar-refractivity contribution is -0.149. The Hall–Kier alpha value is -4.38. The summed E-state index contributed by atoms with van der Waals surface area (Å²) in [7, 11) is 0. The van der Waals surface area contributed by atoms with E-state index in [0.717, 1.165) is 11.1 Å². The molecule has 0 saturated carbocycles. The molecule has 2 amide bonds. The number of rotatable bonds is 16. The molecule has 0 saturated heterocycles. The molecule has 1 aliphatic rings. The van der Waals surface area contributed by atoms with Crippen molar-refractivity contribution < 1.29 is 28.7 Å². The number of carbonyl (C=O) groups excluding carboxylic acids is 4. The largest absolute Gasteiger partial charge is 0.461 e. The van der Waals surface area contributed by atoms with Crippen molar-refractivity contribution in [2.75, 3.05) is 18.1 Å². The maximum absolute atomic E-state index is 13.9. The van der Waals surface area contributed by atoms with Gasteiger partial charge in [0.2, 0.25) is 11.8 Å². The Morgan fingerprint density at radius 1 is 0.920 bits per heavy atom. The second-order valence-electron chi connectivity index (χ2n) is 14.7. The Labute approximate surface area is 296 Å². The van der Waals surface area contributed by atoms with Crippen LogP contribution in [0.4, 0.5) is 5.69 Å². The normalized spacial score (nSPS) is 13.4. The van der Waals surface area contributed by atoms with Gasteiger partial charge in [-0.3, -0.25) is 19.2 Å². The van der Waals surface area contributed by atoms with Gasteiger partial charge in [0.15, 0.2) is 0 Å². The van der Waals surface area contributed by atoms with Crippen molar-refractivity contribution in [1.82, 2.24) is 20.3 Å². The molecule has 3 aromatic rings. The van der Waals surface area contributed by atoms with Crippen molar-refractivity contribution in [2.45, 2.75) is 112 Å². The second kappa shape index (κ2) is 16.6. The van der Waals surface area contributed by atoms with Crippen LogP contribution in [0.5, 0.6) is 0 Å². The average Bonchev–Trinajstić information content (AvgIpc) is 3.46. The van der Waals surface area contributed by atoms with Crippen molar-refractivity contribution in [3.8, 4) is 22.5 Å². The van der Waals surface area contributed by atoms with Crippen LogP contribution in [-0.2, 0) is 41.7 Å². The minimum atomic E-state index is -0.489. The molecule has 2 aromatic carbocycles. The van der Waals surface area contributed by atoms with E-state index in [1.54, 1.807) is 9.58 Å². The molecule has 0 fully saturated rings. The number of aromatic nitrogens is 3. The molecule has 2 heterocycles. The Bertz CT molecular complexity index is 1680. The van der Waals surface area contributed by atoms with Crippen molar-refractivity contribution in [1.29, 1.82) is 0 Å². The van der Waals surface area contributed by atoms with Crippen LogP contribution in [0.15, 0.2) is 48.5 Å². The van der Waals surface area contributed by atoms with Crippen LogP contribution in [0.3, 0.4) is 0 Å². The van der Waals surface area contributed by atoms with E-state index >= 15 is 0 Å². The number of anilines is 1. The molecule has 0 spiro atoms. The quantitative estimate of drug-likeness (QED) is 0.168. The second-order valence-corrected chi connectivity index (χ2v) is 14.7. The zero-order valence-corrected chi connectivity index (χ0v) is 30.9. The van der Waals surface area contributed by atoms with Gasteiger partial charge in [0.1, 0.15) is 18.0 Å². The zero-order valence-electron chi connectivity index (χ0n) is 30.9. The van der Waals surface area contributed by atoms with Gasteiger partial charge in [-0.2, -0.15) is 0 Å². The monoisotopic (exact) mass is 687 g/mol. The number of hydrogen-bond donors (Lipinski definition) is 1. The van der Waals surface area contributed by atoms with Gasteiger partial charge in [0.05, 0.1) is 29.6 Å². The summed E-state index contributed by atoms with van der Waals surface area (Å²) in [4.78, 5) is 53.7. The Morgan fingerprint density at radius 3 is 2.30 bits per heavy atom. The maximum atomic E-state index is 13.9. The molecule has 1 N–H and O–H groups in total. The van der Waals surface area contributed by atoms with Crippen LogP contribution >= 0.6 is 0 Å². The number of benzene rings is 2. The molecule has 0 radical (unpaired) electrons. The van der Waals surface area contributed by atoms with E-state index in [9.17, 15) is 19.2 Å². The fourth-order valence-electron chi connectivity index (χ4n) is 6.12. The molecule has 1 atom stereocenters. The number of nitrogens with one attached hydrogen (secondary N) is 1. The van der Waals surface area contributed by atoms with Crippen molar-refractivity contribution >= 4 is 29.3 Å². The third-order valence-corrected chi connectivity index (χ3v) is 9.30. The van der Waals surface area contributed by atoms with Gasteiger partial charge >= 0.3 is 5.97 Å². The van der Waals surface area contributed by atoms with Crippen molar-refractivity contribution in [2.24, 2.45) is 11.3 Å². The van der Waals surface area contributed by atoms with Crippen LogP contribution in [0.25, 0.3) is 22.5 Å². The lowest BCUT2D eigenvalue weighted by atomic mass is 9.80. The first-order chi connectivity index (χ1) is 23.6. The molecule has 50 heavy (non-hydrogen) atoms. The van der Waals surface area contributed by atoms with Crippen LogP contribution in [-0.4, -0.2) is 63.4 Å². The summed E-state index contributed by atoms with van der Waals surface area (Å²) in [5.74, 6) is -0.615. The number of fused-ring (bicyclic) bond motifs is 5. The van der Waals surface area contributed by atoms with Crippen LogP contribution in [0.2, 0.25) is 0 Å². The maximum Gasteiger partial charge on any atom is 0.328 e. The van der Waals surface area contributed by atoms with Crippen LogP contribution in [0, 0.1) is 11.3 Å². The molecular formula is C39H53N5O6. The Kier molecular flexibility index (Phi) is 12.7. The number of nitrogens with zero attached hydrogens (tertiary/aromatic N) is 4. The summed E-state index contributed by atoms with van der Waals surface area (Å²) in [6.07, 6.45) is 1.75. The van der Waals surface area contributed by atoms with E-state index in [4.69, 9.17) is 9.47 Å². The minimum Gasteiger partial charge on any atom is -0.461 e. The highest BCUT2D eigenvalue weighted by molar-refractivity contribution is 6.01. The number of amides is 2. The highest BCUT2D eigenvalue weighted by Crippen LogP contribution is 2.41. The number of esters is 1. The summed E-state index contributed by atoms with van der Waals surface area (Å²) < 4.78 is 13.2. The average molecular weight is 688 g/mol. The van der Waals surface area contributed by atoms with Crippen molar-refractivity contribution in [3.05, 3.63) is 54.1 Å². The zero-order chi connectivity index (χ0) is 36.6. The third-order valence-electron chi connectivity index (χ3n) is 9.30. The fraction of sp³-hybridized carbons (Fsp3) is 0.538. The van der Waals surface area contributed by atoms with Crippen LogP contribution < -0.4 is 10.2 Å². The summed E-state index contributed by atoms with van der Waals surface area (Å²) in [5.41, 5.74) is 3.32. The molecule has 4 rings (SSSR count). The summed E-state index contributed by atoms with van der Waals surface area (Å²) in [6.45, 7) is 16.5. The molecule has 1 aromatic heterocycles. The summed E-state index contributed by atoms with van der Waals surface area (Å²) in [6, 6.07) is 15.2. The summed E-state index contributed by atoms with van der Waals surface area (Å²) >= 11 is 0. The van der Waals surface area contributed by atoms with Crippen LogP contribution in [0.1, 0.15) is 93.1 Å². The molecular weight excluding hydrogens is 634 g/mol. The first kappa shape index (κ1) is 38.4. The SMILES string of the molecule is CCC(C)OC(=O)Cn1nnc2c1-c1ccccc1CN(C(=O)CCC(=O)NCCC(C)(C)OCCC(C)(C)C(=O)C(C)C)c1ccccc1-2. The molecule has 1 aliphatic heterocycles. The van der Waals surface area contributed by atoms with E-state index in [0.29, 0.717) is 55.1 Å². The first-order valence-corrected chi connectivity index (χ1v) is 17.7. The van der Waals surface area contributed by atoms with E-state index in [1.165, 1.54) is 0 Å². The number of carbonyl (C=O) groups is 4. The van der Waals surface area contributed by atoms with Gasteiger partial charge in [-0.05, 0) is 51.7 Å². The lowest BCUT2D eigenvalue weighted by Gasteiger charge is -2.30. The molecule has 1 unspecified atom stereocenters. The molecule has 11 nitrogen and oxygen atoms in total. The summed E-state index contributed by atoms with van der Waals surface area (Å²) in [5, 5.41) is 11.8. The van der Waals surface area contributed by atoms with E-state index in [2.05, 4.69) is 15.6 Å². The lowest BCUT2D eigenvalue weighted by Crippen LogP contribution is -2.36. The van der Waals surface area contributed by atoms with Gasteiger partial charge in [-0.25, -0.2) is 4.68 Å². The van der Waals surface area contributed by atoms with Gasteiger partial charge in [-0.15, -0.1) is 5.10 Å². The standard InChI is InChI=1S/C39H53N5O6/c1-9-27(4)50-34(47)25-44-36-29-15-11-10-14-28(29)24-43(31-17-13-12-16-30(31)35(36)41-42-44)33(46)19-18-32(45)40-22-20-39(7,8)49-23-21-38(5,6)37(48)26(2)3/h10-17,26-27H,9,18-25H2,1-8H3,(H,40,45). The number of ketones is 1. The number of Topliss-reactive ketones (excluding diaryl/α,β-unsaturated/α-hetero) is 1. The Balaban J connectivity index is 1.41. The number of hydrogen-bond acceptors (Lipinski definition) is 8. The highest BCUT2D eigenvalue weighted by Gasteiger charge is 2.31. The topological polar surface area (TPSA) is 133 Å². The molecule has 0 aliphatic carbocycles. The predicted octanol–water partition coefficient (Wildman–Crippen LogP) is 6.52.